The van der Waals surface area contributed by atoms with E-state index < -0.39 is 16.1 Å². The Kier molecular flexibility index (Phi) is 6.26. The minimum Gasteiger partial charge on any atom is -0.497 e. The van der Waals surface area contributed by atoms with Crippen LogP contribution >= 0.6 is 15.9 Å². The van der Waals surface area contributed by atoms with Gasteiger partial charge in [0.2, 0.25) is 0 Å². The molecule has 6 nitrogen and oxygen atoms in total. The predicted octanol–water partition coefficient (Wildman–Crippen LogP) is 5.31. The van der Waals surface area contributed by atoms with Gasteiger partial charge in [0, 0.05) is 16.5 Å². The Morgan fingerprint density at radius 3 is 2.28 bits per heavy atom. The summed E-state index contributed by atoms with van der Waals surface area (Å²) in [7, 11) is -0.767. The monoisotopic (exact) mass is 514 g/mol. The lowest BCUT2D eigenvalue weighted by atomic mass is 9.98. The standard InChI is InChI=1S/C24H23BrN2O4S/c1-16-4-11-20(12-5-16)32(28,29)27-23(21-14-19(30-2)10-13-24(21)31-3)15-22(26-27)17-6-8-18(25)9-7-17/h4-14,23H,15H2,1-3H3/t23-/m1/s1. The molecule has 0 aromatic heterocycles. The highest BCUT2D eigenvalue weighted by molar-refractivity contribution is 9.10. The van der Waals surface area contributed by atoms with E-state index in [1.165, 1.54) is 4.41 Å². The molecule has 1 aliphatic heterocycles. The van der Waals surface area contributed by atoms with Crippen LogP contribution < -0.4 is 9.47 Å². The molecule has 1 heterocycles. The van der Waals surface area contributed by atoms with E-state index in [2.05, 4.69) is 21.0 Å². The van der Waals surface area contributed by atoms with Crippen LogP contribution in [0.15, 0.2) is 81.2 Å². The highest BCUT2D eigenvalue weighted by Gasteiger charge is 2.39. The van der Waals surface area contributed by atoms with E-state index in [0.29, 0.717) is 29.2 Å². The van der Waals surface area contributed by atoms with Gasteiger partial charge in [0.25, 0.3) is 10.0 Å². The van der Waals surface area contributed by atoms with Crippen molar-refractivity contribution in [1.82, 2.24) is 4.41 Å². The number of hydrazone groups is 1. The molecule has 0 bridgehead atoms. The lowest BCUT2D eigenvalue weighted by Crippen LogP contribution is -2.27. The van der Waals surface area contributed by atoms with Crippen molar-refractivity contribution in [3.8, 4) is 11.5 Å². The fourth-order valence-electron chi connectivity index (χ4n) is 3.68. The zero-order chi connectivity index (χ0) is 22.9. The first-order valence-corrected chi connectivity index (χ1v) is 12.2. The number of hydrogen-bond donors (Lipinski definition) is 0. The number of rotatable bonds is 6. The van der Waals surface area contributed by atoms with Crippen LogP contribution in [-0.4, -0.2) is 32.8 Å². The SMILES string of the molecule is COc1ccc(OC)c([C@H]2CC(c3ccc(Br)cc3)=NN2S(=O)(=O)c2ccc(C)cc2)c1. The number of halogens is 1. The van der Waals surface area contributed by atoms with E-state index >= 15 is 0 Å². The molecular formula is C24H23BrN2O4S. The zero-order valence-electron chi connectivity index (χ0n) is 17.9. The molecule has 4 rings (SSSR count). The normalized spacial score (nSPS) is 16.1. The molecule has 0 spiro atoms. The first-order chi connectivity index (χ1) is 15.3. The Labute approximate surface area is 196 Å². The Morgan fingerprint density at radius 1 is 0.969 bits per heavy atom. The average molecular weight is 515 g/mol. The van der Waals surface area contributed by atoms with Gasteiger partial charge in [-0.3, -0.25) is 0 Å². The van der Waals surface area contributed by atoms with Crippen molar-refractivity contribution in [2.75, 3.05) is 14.2 Å². The molecule has 0 N–H and O–H groups in total. The van der Waals surface area contributed by atoms with E-state index in [1.807, 2.05) is 31.2 Å². The lowest BCUT2D eigenvalue weighted by Gasteiger charge is -2.25. The number of aryl methyl sites for hydroxylation is 1. The second-order valence-corrected chi connectivity index (χ2v) is 10.2. The lowest BCUT2D eigenvalue weighted by molar-refractivity contribution is 0.346. The maximum Gasteiger partial charge on any atom is 0.279 e. The number of benzene rings is 3. The second kappa shape index (κ2) is 8.96. The van der Waals surface area contributed by atoms with Crippen molar-refractivity contribution >= 4 is 31.7 Å². The molecule has 1 atom stereocenters. The highest BCUT2D eigenvalue weighted by Crippen LogP contribution is 2.42. The number of methoxy groups -OCH3 is 2. The number of sulfonamides is 1. The van der Waals surface area contributed by atoms with Crippen LogP contribution in [0.1, 0.15) is 29.2 Å². The largest absolute Gasteiger partial charge is 0.497 e. The molecule has 3 aromatic carbocycles. The van der Waals surface area contributed by atoms with Gasteiger partial charge in [0.05, 0.1) is 30.9 Å². The van der Waals surface area contributed by atoms with Gasteiger partial charge in [-0.15, -0.1) is 0 Å². The third-order valence-corrected chi connectivity index (χ3v) is 7.64. The summed E-state index contributed by atoms with van der Waals surface area (Å²) in [5.41, 5.74) is 3.22. The van der Waals surface area contributed by atoms with Crippen molar-refractivity contribution in [3.05, 3.63) is 87.9 Å². The zero-order valence-corrected chi connectivity index (χ0v) is 20.4. The van der Waals surface area contributed by atoms with Gasteiger partial charge >= 0.3 is 0 Å². The van der Waals surface area contributed by atoms with Crippen molar-refractivity contribution < 1.29 is 17.9 Å². The highest BCUT2D eigenvalue weighted by atomic mass is 79.9. The summed E-state index contributed by atoms with van der Waals surface area (Å²) in [5, 5.41) is 4.60. The van der Waals surface area contributed by atoms with Crippen molar-refractivity contribution in [2.45, 2.75) is 24.3 Å². The van der Waals surface area contributed by atoms with Crippen molar-refractivity contribution in [3.63, 3.8) is 0 Å². The number of ether oxygens (including phenoxy) is 2. The van der Waals surface area contributed by atoms with Gasteiger partial charge in [-0.25, -0.2) is 0 Å². The molecule has 1 aliphatic rings. The van der Waals surface area contributed by atoms with Crippen molar-refractivity contribution in [1.29, 1.82) is 0 Å². The fraction of sp³-hybridized carbons (Fsp3) is 0.208. The van der Waals surface area contributed by atoms with Gasteiger partial charge in [-0.1, -0.05) is 45.8 Å². The van der Waals surface area contributed by atoms with Gasteiger partial charge in [-0.05, 0) is 55.0 Å². The molecule has 166 valence electrons. The first-order valence-electron chi connectivity index (χ1n) is 10.00. The van der Waals surface area contributed by atoms with Crippen LogP contribution in [0.4, 0.5) is 0 Å². The Hall–Kier alpha value is -2.84. The van der Waals surface area contributed by atoms with E-state index in [0.717, 1.165) is 15.6 Å². The van der Waals surface area contributed by atoms with E-state index in [4.69, 9.17) is 9.47 Å². The van der Waals surface area contributed by atoms with Gasteiger partial charge in [-0.2, -0.15) is 17.9 Å². The molecule has 0 saturated carbocycles. The molecule has 32 heavy (non-hydrogen) atoms. The molecular weight excluding hydrogens is 492 g/mol. The predicted molar refractivity (Wildman–Crippen MR) is 128 cm³/mol. The Morgan fingerprint density at radius 2 is 1.66 bits per heavy atom. The van der Waals surface area contributed by atoms with Crippen LogP contribution in [0.5, 0.6) is 11.5 Å². The summed E-state index contributed by atoms with van der Waals surface area (Å²) in [6.45, 7) is 1.92. The second-order valence-electron chi connectivity index (χ2n) is 7.47. The molecule has 0 radical (unpaired) electrons. The summed E-state index contributed by atoms with van der Waals surface area (Å²) in [6, 6.07) is 19.2. The number of hydrogen-bond acceptors (Lipinski definition) is 5. The van der Waals surface area contributed by atoms with Crippen LogP contribution in [0.2, 0.25) is 0 Å². The summed E-state index contributed by atoms with van der Waals surface area (Å²) >= 11 is 3.44. The number of nitrogens with zero attached hydrogens (tertiary/aromatic N) is 2. The van der Waals surface area contributed by atoms with Crippen LogP contribution in [0.25, 0.3) is 0 Å². The van der Waals surface area contributed by atoms with E-state index in [9.17, 15) is 8.42 Å². The minimum atomic E-state index is -3.91. The smallest absolute Gasteiger partial charge is 0.279 e. The Balaban J connectivity index is 1.85. The molecule has 0 saturated heterocycles. The van der Waals surface area contributed by atoms with E-state index in [1.54, 1.807) is 56.7 Å². The maximum absolute atomic E-state index is 13.7. The molecule has 3 aromatic rings. The van der Waals surface area contributed by atoms with Gasteiger partial charge in [0.15, 0.2) is 0 Å². The quantitative estimate of drug-likeness (QED) is 0.446. The van der Waals surface area contributed by atoms with Crippen LogP contribution in [-0.2, 0) is 10.0 Å². The van der Waals surface area contributed by atoms with E-state index in [-0.39, 0.29) is 4.90 Å². The molecule has 0 unspecified atom stereocenters. The first kappa shape index (κ1) is 22.4. The van der Waals surface area contributed by atoms with Gasteiger partial charge < -0.3 is 9.47 Å². The van der Waals surface area contributed by atoms with Crippen LogP contribution in [0, 0.1) is 6.92 Å². The minimum absolute atomic E-state index is 0.191. The topological polar surface area (TPSA) is 68.2 Å². The average Bonchev–Trinajstić information content (AvgIpc) is 3.25. The fourth-order valence-corrected chi connectivity index (χ4v) is 5.37. The molecule has 0 amide bonds. The van der Waals surface area contributed by atoms with Gasteiger partial charge in [0.1, 0.15) is 11.5 Å². The van der Waals surface area contributed by atoms with Crippen LogP contribution in [0.3, 0.4) is 0 Å². The van der Waals surface area contributed by atoms with Crippen molar-refractivity contribution in [2.24, 2.45) is 5.10 Å². The summed E-state index contributed by atoms with van der Waals surface area (Å²) in [5.74, 6) is 1.19. The summed E-state index contributed by atoms with van der Waals surface area (Å²) in [4.78, 5) is 0.191. The molecule has 8 heteroatoms. The third-order valence-electron chi connectivity index (χ3n) is 5.41. The Bertz CT molecular complexity index is 1260. The maximum atomic E-state index is 13.7. The summed E-state index contributed by atoms with van der Waals surface area (Å²) in [6.07, 6.45) is 0.399. The molecule has 0 aliphatic carbocycles. The third kappa shape index (κ3) is 4.25. The summed E-state index contributed by atoms with van der Waals surface area (Å²) < 4.78 is 40.4. The molecule has 0 fully saturated rings.